The minimum atomic E-state index is -2.86. The highest BCUT2D eigenvalue weighted by atomic mass is 32.3. The standard InChI is InChI=1S/C21H23F3N2O3S/c1-30(28,29)25-13-7-8-26(11-13)21(27)17-10-15(17)14-6-5-12(22)9-16(14)20-18(23)3-2-4-19(20)24/h2-6,9,13,15,17,25,28-29H,7-8,10-11H2,1H3. The number of benzene rings is 2. The van der Waals surface area contributed by atoms with Crippen LogP contribution in [0.25, 0.3) is 11.1 Å². The minimum Gasteiger partial charge on any atom is -0.341 e. The average molecular weight is 440 g/mol. The van der Waals surface area contributed by atoms with Crippen LogP contribution in [0.5, 0.6) is 0 Å². The van der Waals surface area contributed by atoms with Crippen LogP contribution >= 0.6 is 10.8 Å². The van der Waals surface area contributed by atoms with E-state index in [9.17, 15) is 27.1 Å². The quantitative estimate of drug-likeness (QED) is 0.646. The van der Waals surface area contributed by atoms with Gasteiger partial charge in [-0.3, -0.25) is 13.9 Å². The fourth-order valence-corrected chi connectivity index (χ4v) is 5.07. The predicted molar refractivity (Wildman–Crippen MR) is 109 cm³/mol. The summed E-state index contributed by atoms with van der Waals surface area (Å²) in [6.07, 6.45) is 2.42. The van der Waals surface area contributed by atoms with E-state index in [4.69, 9.17) is 0 Å². The molecule has 4 rings (SSSR count). The van der Waals surface area contributed by atoms with E-state index in [0.29, 0.717) is 31.5 Å². The first-order valence-electron chi connectivity index (χ1n) is 9.67. The number of halogens is 3. The number of carbonyl (C=O) groups is 1. The fourth-order valence-electron chi connectivity index (χ4n) is 4.24. The zero-order valence-corrected chi connectivity index (χ0v) is 17.1. The first kappa shape index (κ1) is 21.2. The normalized spacial score (nSPS) is 24.2. The number of likely N-dealkylation sites (tertiary alicyclic amines) is 1. The Morgan fingerprint density at radius 2 is 1.87 bits per heavy atom. The molecule has 3 N–H and O–H groups in total. The molecule has 3 atom stereocenters. The van der Waals surface area contributed by atoms with Crippen molar-refractivity contribution >= 4 is 16.7 Å². The number of nitrogens with one attached hydrogen (secondary N) is 1. The summed E-state index contributed by atoms with van der Waals surface area (Å²) in [6, 6.07) is 7.14. The molecule has 0 bridgehead atoms. The van der Waals surface area contributed by atoms with E-state index in [1.54, 1.807) is 4.90 Å². The van der Waals surface area contributed by atoms with E-state index < -0.39 is 28.2 Å². The lowest BCUT2D eigenvalue weighted by atomic mass is 9.94. The Morgan fingerprint density at radius 3 is 2.53 bits per heavy atom. The Hall–Kier alpha value is -2.07. The Balaban J connectivity index is 1.53. The second kappa shape index (κ2) is 7.88. The SMILES string of the molecule is CS(O)(O)NC1CCN(C(=O)C2CC2c2ccc(F)cc2-c2c(F)cccc2F)C1. The second-order valence-corrected chi connectivity index (χ2v) is 9.90. The molecule has 1 aliphatic carbocycles. The summed E-state index contributed by atoms with van der Waals surface area (Å²) in [4.78, 5) is 14.6. The van der Waals surface area contributed by atoms with Crippen molar-refractivity contribution in [3.05, 3.63) is 59.4 Å². The topological polar surface area (TPSA) is 72.8 Å². The van der Waals surface area contributed by atoms with E-state index in [1.807, 2.05) is 0 Å². The van der Waals surface area contributed by atoms with Crippen LogP contribution in [0.4, 0.5) is 13.2 Å². The Labute approximate surface area is 174 Å². The molecule has 1 saturated carbocycles. The first-order valence-corrected chi connectivity index (χ1v) is 11.6. The molecule has 3 unspecified atom stereocenters. The van der Waals surface area contributed by atoms with Gasteiger partial charge in [0, 0.05) is 31.3 Å². The van der Waals surface area contributed by atoms with Crippen LogP contribution in [0.15, 0.2) is 36.4 Å². The molecule has 0 radical (unpaired) electrons. The molecule has 0 spiro atoms. The summed E-state index contributed by atoms with van der Waals surface area (Å²) in [7, 11) is -2.86. The van der Waals surface area contributed by atoms with E-state index >= 15 is 0 Å². The van der Waals surface area contributed by atoms with Crippen LogP contribution in [-0.2, 0) is 4.79 Å². The number of rotatable bonds is 5. The molecule has 2 aromatic rings. The minimum absolute atomic E-state index is 0.0823. The van der Waals surface area contributed by atoms with Crippen molar-refractivity contribution in [3.8, 4) is 11.1 Å². The molecule has 162 valence electrons. The van der Waals surface area contributed by atoms with Gasteiger partial charge in [0.05, 0.1) is 5.56 Å². The van der Waals surface area contributed by atoms with Gasteiger partial charge in [-0.15, -0.1) is 10.8 Å². The number of carbonyl (C=O) groups excluding carboxylic acids is 1. The zero-order chi connectivity index (χ0) is 21.6. The highest BCUT2D eigenvalue weighted by Crippen LogP contribution is 2.52. The molecular weight excluding hydrogens is 417 g/mol. The van der Waals surface area contributed by atoms with Gasteiger partial charge in [-0.25, -0.2) is 17.9 Å². The summed E-state index contributed by atoms with van der Waals surface area (Å²) < 4.78 is 64.4. The van der Waals surface area contributed by atoms with Gasteiger partial charge >= 0.3 is 0 Å². The highest BCUT2D eigenvalue weighted by molar-refractivity contribution is 8.22. The molecule has 1 heterocycles. The maximum absolute atomic E-state index is 14.3. The van der Waals surface area contributed by atoms with Crippen molar-refractivity contribution in [2.45, 2.75) is 24.8 Å². The molecule has 30 heavy (non-hydrogen) atoms. The zero-order valence-electron chi connectivity index (χ0n) is 16.3. The number of nitrogens with zero attached hydrogens (tertiary/aromatic N) is 1. The third-order valence-electron chi connectivity index (χ3n) is 5.64. The van der Waals surface area contributed by atoms with Crippen molar-refractivity contribution < 1.29 is 27.1 Å². The van der Waals surface area contributed by atoms with Crippen molar-refractivity contribution in [3.63, 3.8) is 0 Å². The van der Waals surface area contributed by atoms with E-state index in [-0.39, 0.29) is 34.9 Å². The van der Waals surface area contributed by atoms with Crippen LogP contribution in [0.3, 0.4) is 0 Å². The van der Waals surface area contributed by atoms with E-state index in [0.717, 1.165) is 18.2 Å². The lowest BCUT2D eigenvalue weighted by Gasteiger charge is -2.31. The number of amides is 1. The van der Waals surface area contributed by atoms with Crippen LogP contribution < -0.4 is 4.72 Å². The van der Waals surface area contributed by atoms with Crippen LogP contribution in [0, 0.1) is 23.4 Å². The van der Waals surface area contributed by atoms with Crippen LogP contribution in [0.1, 0.15) is 24.3 Å². The van der Waals surface area contributed by atoms with Crippen molar-refractivity contribution in [1.82, 2.24) is 9.62 Å². The van der Waals surface area contributed by atoms with Gasteiger partial charge in [0.1, 0.15) is 17.5 Å². The Kier molecular flexibility index (Phi) is 5.56. The smallest absolute Gasteiger partial charge is 0.226 e. The maximum atomic E-state index is 14.3. The van der Waals surface area contributed by atoms with Gasteiger partial charge in [0.15, 0.2) is 0 Å². The maximum Gasteiger partial charge on any atom is 0.226 e. The van der Waals surface area contributed by atoms with E-state index in [2.05, 4.69) is 4.72 Å². The number of hydrogen-bond donors (Lipinski definition) is 3. The fraction of sp³-hybridized carbons (Fsp3) is 0.381. The summed E-state index contributed by atoms with van der Waals surface area (Å²) in [5, 5.41) is 0. The lowest BCUT2D eigenvalue weighted by molar-refractivity contribution is -0.131. The number of hydrogen-bond acceptors (Lipinski definition) is 4. The van der Waals surface area contributed by atoms with E-state index in [1.165, 1.54) is 24.5 Å². The molecule has 0 aromatic heterocycles. The summed E-state index contributed by atoms with van der Waals surface area (Å²) in [5.41, 5.74) is 0.394. The van der Waals surface area contributed by atoms with Gasteiger partial charge in [0.25, 0.3) is 0 Å². The van der Waals surface area contributed by atoms with Gasteiger partial charge < -0.3 is 4.90 Å². The molecule has 5 nitrogen and oxygen atoms in total. The lowest BCUT2D eigenvalue weighted by Crippen LogP contribution is -2.36. The van der Waals surface area contributed by atoms with Gasteiger partial charge in [0.2, 0.25) is 5.91 Å². The monoisotopic (exact) mass is 440 g/mol. The third kappa shape index (κ3) is 4.34. The molecular formula is C21H23F3N2O3S. The van der Waals surface area contributed by atoms with Gasteiger partial charge in [-0.1, -0.05) is 12.1 Å². The summed E-state index contributed by atoms with van der Waals surface area (Å²) in [6.45, 7) is 0.859. The molecule has 1 saturated heterocycles. The van der Waals surface area contributed by atoms with Crippen molar-refractivity contribution in [2.75, 3.05) is 19.3 Å². The predicted octanol–water partition coefficient (Wildman–Crippen LogP) is 4.36. The Bertz CT molecular complexity index is 962. The average Bonchev–Trinajstić information content (AvgIpc) is 3.31. The van der Waals surface area contributed by atoms with Gasteiger partial charge in [-0.05, 0) is 54.2 Å². The largest absolute Gasteiger partial charge is 0.341 e. The molecule has 1 amide bonds. The molecule has 9 heteroatoms. The molecule has 1 aliphatic heterocycles. The first-order chi connectivity index (χ1) is 14.1. The summed E-state index contributed by atoms with van der Waals surface area (Å²) >= 11 is 0. The van der Waals surface area contributed by atoms with Crippen molar-refractivity contribution in [2.24, 2.45) is 5.92 Å². The second-order valence-electron chi connectivity index (χ2n) is 8.00. The molecule has 2 fully saturated rings. The third-order valence-corrected chi connectivity index (χ3v) is 6.42. The Morgan fingerprint density at radius 1 is 1.17 bits per heavy atom. The van der Waals surface area contributed by atoms with Gasteiger partial charge in [-0.2, -0.15) is 0 Å². The molecule has 2 aliphatic rings. The van der Waals surface area contributed by atoms with Crippen molar-refractivity contribution in [1.29, 1.82) is 0 Å². The molecule has 2 aromatic carbocycles. The highest BCUT2D eigenvalue weighted by Gasteiger charge is 2.48. The van der Waals surface area contributed by atoms with Crippen LogP contribution in [-0.4, -0.2) is 45.3 Å². The summed E-state index contributed by atoms with van der Waals surface area (Å²) in [5.74, 6) is -2.83. The van der Waals surface area contributed by atoms with Crippen LogP contribution in [0.2, 0.25) is 0 Å².